The Bertz CT molecular complexity index is 953. The molecule has 0 spiro atoms. The lowest BCUT2D eigenvalue weighted by molar-refractivity contribution is -0.129. The maximum atomic E-state index is 15.1. The van der Waals surface area contributed by atoms with Crippen LogP contribution in [0.3, 0.4) is 0 Å². The average Bonchev–Trinajstić information content (AvgIpc) is 2.87. The van der Waals surface area contributed by atoms with Crippen LogP contribution >= 0.6 is 0 Å². The number of rotatable bonds is 4. The van der Waals surface area contributed by atoms with Crippen molar-refractivity contribution in [1.82, 2.24) is 0 Å². The SMILES string of the molecule is O=C(CC1CC(F)(F)C1)Nc1c(F)cc2c(c1F)CCCN(c1ccc(F)cc1)C2. The van der Waals surface area contributed by atoms with Gasteiger partial charge in [0.2, 0.25) is 11.8 Å². The summed E-state index contributed by atoms with van der Waals surface area (Å²) in [5, 5.41) is 2.24. The molecule has 0 unspecified atom stereocenters. The molecule has 1 aliphatic carbocycles. The van der Waals surface area contributed by atoms with Gasteiger partial charge in [0, 0.05) is 38.0 Å². The third kappa shape index (κ3) is 4.27. The Hall–Kier alpha value is -2.64. The number of benzene rings is 2. The molecule has 1 amide bonds. The summed E-state index contributed by atoms with van der Waals surface area (Å²) in [7, 11) is 0. The molecule has 1 N–H and O–H groups in total. The molecule has 0 aromatic heterocycles. The molecule has 0 bridgehead atoms. The van der Waals surface area contributed by atoms with E-state index in [1.54, 1.807) is 12.1 Å². The van der Waals surface area contributed by atoms with E-state index in [1.807, 2.05) is 4.90 Å². The van der Waals surface area contributed by atoms with Gasteiger partial charge in [0.05, 0.1) is 0 Å². The molecule has 1 saturated carbocycles. The number of carbonyl (C=O) groups is 1. The van der Waals surface area contributed by atoms with Crippen LogP contribution in [0.15, 0.2) is 30.3 Å². The Morgan fingerprint density at radius 2 is 1.83 bits per heavy atom. The lowest BCUT2D eigenvalue weighted by Gasteiger charge is -2.34. The zero-order chi connectivity index (χ0) is 21.5. The van der Waals surface area contributed by atoms with Crippen molar-refractivity contribution >= 4 is 17.3 Å². The highest BCUT2D eigenvalue weighted by Crippen LogP contribution is 2.44. The predicted molar refractivity (Wildman–Crippen MR) is 103 cm³/mol. The minimum absolute atomic E-state index is 0.191. The largest absolute Gasteiger partial charge is 0.367 e. The zero-order valence-corrected chi connectivity index (χ0v) is 16.2. The van der Waals surface area contributed by atoms with Crippen molar-refractivity contribution in [3.8, 4) is 0 Å². The summed E-state index contributed by atoms with van der Waals surface area (Å²) in [6.45, 7) is 0.832. The molecule has 0 atom stereocenters. The van der Waals surface area contributed by atoms with Crippen LogP contribution < -0.4 is 10.2 Å². The van der Waals surface area contributed by atoms with E-state index in [4.69, 9.17) is 0 Å². The molecule has 1 fully saturated rings. The number of alkyl halides is 2. The minimum Gasteiger partial charge on any atom is -0.367 e. The van der Waals surface area contributed by atoms with E-state index >= 15 is 4.39 Å². The van der Waals surface area contributed by atoms with Crippen molar-refractivity contribution < 1.29 is 26.7 Å². The van der Waals surface area contributed by atoms with Crippen LogP contribution in [-0.4, -0.2) is 18.4 Å². The second kappa shape index (κ2) is 7.89. The normalized spacial score (nSPS) is 18.4. The lowest BCUT2D eigenvalue weighted by Crippen LogP contribution is -2.37. The highest BCUT2D eigenvalue weighted by molar-refractivity contribution is 5.91. The van der Waals surface area contributed by atoms with Gasteiger partial charge in [-0.05, 0) is 60.2 Å². The Balaban J connectivity index is 1.51. The second-order valence-corrected chi connectivity index (χ2v) is 8.07. The molecule has 0 saturated heterocycles. The van der Waals surface area contributed by atoms with E-state index in [0.717, 1.165) is 5.69 Å². The fraction of sp³-hybridized carbons (Fsp3) is 0.409. The number of hydrogen-bond donors (Lipinski definition) is 1. The molecule has 1 heterocycles. The third-order valence-corrected chi connectivity index (χ3v) is 5.73. The Morgan fingerprint density at radius 3 is 2.50 bits per heavy atom. The summed E-state index contributed by atoms with van der Waals surface area (Å²) in [5.41, 5.74) is 1.01. The van der Waals surface area contributed by atoms with E-state index in [0.29, 0.717) is 30.5 Å². The molecule has 0 radical (unpaired) electrons. The molecule has 8 heteroatoms. The van der Waals surface area contributed by atoms with Crippen molar-refractivity contribution in [3.63, 3.8) is 0 Å². The molecular formula is C22H21F5N2O. The van der Waals surface area contributed by atoms with Gasteiger partial charge in [-0.1, -0.05) is 0 Å². The van der Waals surface area contributed by atoms with Crippen LogP contribution in [0, 0.1) is 23.4 Å². The summed E-state index contributed by atoms with van der Waals surface area (Å²) >= 11 is 0. The van der Waals surface area contributed by atoms with Crippen LogP contribution in [0.1, 0.15) is 36.8 Å². The van der Waals surface area contributed by atoms with Crippen LogP contribution in [0.4, 0.5) is 33.3 Å². The minimum atomic E-state index is -2.75. The van der Waals surface area contributed by atoms with Crippen molar-refractivity contribution in [2.24, 2.45) is 5.92 Å². The van der Waals surface area contributed by atoms with Gasteiger partial charge in [-0.2, -0.15) is 0 Å². The average molecular weight is 424 g/mol. The number of anilines is 2. The van der Waals surface area contributed by atoms with Gasteiger partial charge in [0.1, 0.15) is 17.3 Å². The monoisotopic (exact) mass is 424 g/mol. The standard InChI is InChI=1S/C22H21F5N2O/c23-15-3-5-16(6-4-15)29-7-1-2-17-14(12-29)9-18(24)21(20(17)25)28-19(30)8-13-10-22(26,27)11-13/h3-6,9,13H,1-2,7-8,10-12H2,(H,28,30). The summed E-state index contributed by atoms with van der Waals surface area (Å²) < 4.78 is 68.7. The van der Waals surface area contributed by atoms with Gasteiger partial charge in [-0.15, -0.1) is 0 Å². The molecule has 2 aromatic rings. The molecular weight excluding hydrogens is 403 g/mol. The molecule has 2 aromatic carbocycles. The first kappa shape index (κ1) is 20.6. The zero-order valence-electron chi connectivity index (χ0n) is 16.2. The number of halogens is 5. The molecule has 30 heavy (non-hydrogen) atoms. The first-order valence-corrected chi connectivity index (χ1v) is 9.90. The highest BCUT2D eigenvalue weighted by atomic mass is 19.3. The molecule has 1 aliphatic heterocycles. The summed E-state index contributed by atoms with van der Waals surface area (Å²) in [5.74, 6) is -5.98. The Kier molecular flexibility index (Phi) is 5.42. The quantitative estimate of drug-likeness (QED) is 0.664. The number of hydrogen-bond acceptors (Lipinski definition) is 2. The highest BCUT2D eigenvalue weighted by Gasteiger charge is 2.45. The summed E-state index contributed by atoms with van der Waals surface area (Å²) in [6.07, 6.45) is 0.00180. The molecule has 4 rings (SSSR count). The van der Waals surface area contributed by atoms with E-state index in [2.05, 4.69) is 5.32 Å². The van der Waals surface area contributed by atoms with E-state index in [9.17, 15) is 22.4 Å². The predicted octanol–water partition coefficient (Wildman–Crippen LogP) is 5.43. The molecule has 2 aliphatic rings. The topological polar surface area (TPSA) is 32.3 Å². The van der Waals surface area contributed by atoms with Crippen molar-refractivity contribution in [1.29, 1.82) is 0 Å². The fourth-order valence-corrected chi connectivity index (χ4v) is 4.22. The van der Waals surface area contributed by atoms with E-state index in [1.165, 1.54) is 18.2 Å². The van der Waals surface area contributed by atoms with Crippen molar-refractivity contribution in [3.05, 3.63) is 58.9 Å². The van der Waals surface area contributed by atoms with E-state index < -0.39 is 35.1 Å². The van der Waals surface area contributed by atoms with Crippen LogP contribution in [0.5, 0.6) is 0 Å². The maximum Gasteiger partial charge on any atom is 0.248 e. The number of nitrogens with one attached hydrogen (secondary N) is 1. The lowest BCUT2D eigenvalue weighted by atomic mass is 9.79. The fourth-order valence-electron chi connectivity index (χ4n) is 4.22. The number of carbonyl (C=O) groups excluding carboxylic acids is 1. The summed E-state index contributed by atoms with van der Waals surface area (Å²) in [4.78, 5) is 14.0. The van der Waals surface area contributed by atoms with Gasteiger partial charge >= 0.3 is 0 Å². The van der Waals surface area contributed by atoms with Gasteiger partial charge in [0.15, 0.2) is 5.82 Å². The van der Waals surface area contributed by atoms with Gasteiger partial charge in [0.25, 0.3) is 0 Å². The number of fused-ring (bicyclic) bond motifs is 1. The van der Waals surface area contributed by atoms with Gasteiger partial charge in [-0.3, -0.25) is 4.79 Å². The smallest absolute Gasteiger partial charge is 0.248 e. The van der Waals surface area contributed by atoms with Crippen molar-refractivity contribution in [2.75, 3.05) is 16.8 Å². The van der Waals surface area contributed by atoms with Gasteiger partial charge < -0.3 is 10.2 Å². The third-order valence-electron chi connectivity index (χ3n) is 5.73. The Morgan fingerprint density at radius 1 is 1.13 bits per heavy atom. The van der Waals surface area contributed by atoms with Crippen LogP contribution in [-0.2, 0) is 17.8 Å². The van der Waals surface area contributed by atoms with E-state index in [-0.39, 0.29) is 31.6 Å². The number of nitrogens with zero attached hydrogens (tertiary/aromatic N) is 1. The Labute approximate surface area is 170 Å². The number of amides is 1. The maximum absolute atomic E-state index is 15.1. The first-order valence-electron chi connectivity index (χ1n) is 9.90. The van der Waals surface area contributed by atoms with Gasteiger partial charge in [-0.25, -0.2) is 22.0 Å². The summed E-state index contributed by atoms with van der Waals surface area (Å²) in [6, 6.07) is 7.10. The van der Waals surface area contributed by atoms with Crippen LogP contribution in [0.2, 0.25) is 0 Å². The molecule has 160 valence electrons. The first-order chi connectivity index (χ1) is 14.2. The second-order valence-electron chi connectivity index (χ2n) is 8.07. The van der Waals surface area contributed by atoms with Crippen LogP contribution in [0.25, 0.3) is 0 Å². The molecule has 3 nitrogen and oxygen atoms in total. The van der Waals surface area contributed by atoms with Crippen molar-refractivity contribution in [2.45, 2.75) is 44.6 Å².